The summed E-state index contributed by atoms with van der Waals surface area (Å²) in [6.45, 7) is -0.625. The molecule has 2 N–H and O–H groups in total. The van der Waals surface area contributed by atoms with Crippen LogP contribution in [0.4, 0.5) is 14.5 Å². The Labute approximate surface area is 210 Å². The number of methoxy groups -OCH3 is 1. The second kappa shape index (κ2) is 10.6. The molecular formula is C26H22F2N4O5. The summed E-state index contributed by atoms with van der Waals surface area (Å²) in [6.07, 6.45) is 1.44. The van der Waals surface area contributed by atoms with E-state index in [1.807, 2.05) is 6.07 Å². The topological polar surface area (TPSA) is 125 Å². The Balaban J connectivity index is 1.76. The van der Waals surface area contributed by atoms with Crippen LogP contribution in [-0.2, 0) is 11.3 Å². The number of aliphatic hydroxyl groups excluding tert-OH is 1. The molecule has 1 unspecified atom stereocenters. The molecule has 1 saturated heterocycles. The van der Waals surface area contributed by atoms with E-state index in [4.69, 9.17) is 10.00 Å². The highest BCUT2D eigenvalue weighted by atomic mass is 19.1. The molecule has 1 aliphatic heterocycles. The van der Waals surface area contributed by atoms with Gasteiger partial charge in [-0.25, -0.2) is 8.78 Å². The van der Waals surface area contributed by atoms with Gasteiger partial charge in [0.05, 0.1) is 25.3 Å². The molecule has 0 spiro atoms. The van der Waals surface area contributed by atoms with Crippen molar-refractivity contribution in [2.45, 2.75) is 18.5 Å². The van der Waals surface area contributed by atoms with Crippen LogP contribution in [-0.4, -0.2) is 47.8 Å². The molecule has 3 aromatic rings. The number of aliphatic hydroxyl groups is 1. The SMILES string of the molecule is COc1cc(F)c([C@@H]2CN(c3cccn(CCO)c3=O)C(=O)C2NC(=O)c2ccc(C#N)cc2)c(F)c1. The second-order valence-corrected chi connectivity index (χ2v) is 8.32. The number of anilines is 1. The standard InChI is InChI=1S/C26H22F2N4O5/c1-37-17-11-19(27)22(20(28)12-17)18-14-32(21-3-2-8-31(9-10-33)25(21)35)26(36)23(18)30-24(34)16-6-4-15(13-29)5-7-16/h2-8,11-12,18,23,33H,9-10,14H2,1H3,(H,30,34)/t18-,23?/m0/s1. The number of rotatable bonds is 7. The Morgan fingerprint density at radius 2 is 1.86 bits per heavy atom. The van der Waals surface area contributed by atoms with Crippen LogP contribution in [0.5, 0.6) is 5.75 Å². The van der Waals surface area contributed by atoms with Crippen molar-refractivity contribution in [2.75, 3.05) is 25.2 Å². The number of pyridine rings is 1. The lowest BCUT2D eigenvalue weighted by Gasteiger charge is -2.20. The molecule has 2 amide bonds. The van der Waals surface area contributed by atoms with Crippen molar-refractivity contribution in [1.29, 1.82) is 5.26 Å². The van der Waals surface area contributed by atoms with Crippen molar-refractivity contribution in [3.8, 4) is 11.8 Å². The average molecular weight is 508 g/mol. The van der Waals surface area contributed by atoms with Gasteiger partial charge in [-0.2, -0.15) is 5.26 Å². The fourth-order valence-electron chi connectivity index (χ4n) is 4.34. The Morgan fingerprint density at radius 1 is 1.19 bits per heavy atom. The van der Waals surface area contributed by atoms with E-state index < -0.39 is 46.5 Å². The third-order valence-corrected chi connectivity index (χ3v) is 6.17. The molecule has 37 heavy (non-hydrogen) atoms. The van der Waals surface area contributed by atoms with E-state index in [9.17, 15) is 19.5 Å². The molecule has 190 valence electrons. The number of benzene rings is 2. The lowest BCUT2D eigenvalue weighted by atomic mass is 9.92. The molecule has 2 aromatic carbocycles. The maximum absolute atomic E-state index is 15.1. The van der Waals surface area contributed by atoms with E-state index in [-0.39, 0.29) is 36.7 Å². The number of nitriles is 1. The van der Waals surface area contributed by atoms with Gasteiger partial charge in [-0.05, 0) is 36.4 Å². The Morgan fingerprint density at radius 3 is 2.46 bits per heavy atom. The monoisotopic (exact) mass is 508 g/mol. The molecule has 0 saturated carbocycles. The molecule has 11 heteroatoms. The third-order valence-electron chi connectivity index (χ3n) is 6.17. The summed E-state index contributed by atoms with van der Waals surface area (Å²) >= 11 is 0. The van der Waals surface area contributed by atoms with Crippen molar-refractivity contribution >= 4 is 17.5 Å². The van der Waals surface area contributed by atoms with Crippen LogP contribution in [0.15, 0.2) is 59.5 Å². The number of nitrogens with one attached hydrogen (secondary N) is 1. The molecule has 1 fully saturated rings. The maximum Gasteiger partial charge on any atom is 0.274 e. The summed E-state index contributed by atoms with van der Waals surface area (Å²) < 4.78 is 36.3. The number of carbonyl (C=O) groups is 2. The number of ether oxygens (including phenoxy) is 1. The van der Waals surface area contributed by atoms with E-state index in [0.29, 0.717) is 5.56 Å². The smallest absolute Gasteiger partial charge is 0.274 e. The molecule has 1 aromatic heterocycles. The Bertz CT molecular complexity index is 1430. The van der Waals surface area contributed by atoms with E-state index >= 15 is 8.78 Å². The van der Waals surface area contributed by atoms with E-state index in [2.05, 4.69) is 5.32 Å². The van der Waals surface area contributed by atoms with Gasteiger partial charge in [0.1, 0.15) is 29.1 Å². The van der Waals surface area contributed by atoms with Gasteiger partial charge in [0, 0.05) is 48.5 Å². The quantitative estimate of drug-likeness (QED) is 0.503. The first-order valence-corrected chi connectivity index (χ1v) is 11.2. The largest absolute Gasteiger partial charge is 0.497 e. The first-order chi connectivity index (χ1) is 17.8. The summed E-state index contributed by atoms with van der Waals surface area (Å²) in [5.41, 5.74) is -0.630. The van der Waals surface area contributed by atoms with E-state index in [0.717, 1.165) is 17.0 Å². The highest BCUT2D eigenvalue weighted by molar-refractivity contribution is 6.05. The zero-order chi connectivity index (χ0) is 26.7. The zero-order valence-electron chi connectivity index (χ0n) is 19.6. The molecule has 4 rings (SSSR count). The second-order valence-electron chi connectivity index (χ2n) is 8.32. The van der Waals surface area contributed by atoms with Gasteiger partial charge < -0.3 is 24.6 Å². The summed E-state index contributed by atoms with van der Waals surface area (Å²) in [4.78, 5) is 40.5. The number of nitrogens with zero attached hydrogens (tertiary/aromatic N) is 3. The zero-order valence-corrected chi connectivity index (χ0v) is 19.6. The van der Waals surface area contributed by atoms with Crippen LogP contribution >= 0.6 is 0 Å². The minimum atomic E-state index is -1.41. The molecule has 0 radical (unpaired) electrons. The minimum absolute atomic E-state index is 0.0152. The summed E-state index contributed by atoms with van der Waals surface area (Å²) in [6, 6.07) is 11.0. The van der Waals surface area contributed by atoms with E-state index in [1.165, 1.54) is 54.3 Å². The highest BCUT2D eigenvalue weighted by Crippen LogP contribution is 2.35. The van der Waals surface area contributed by atoms with Gasteiger partial charge in [-0.15, -0.1) is 0 Å². The fourth-order valence-corrected chi connectivity index (χ4v) is 4.34. The van der Waals surface area contributed by atoms with Crippen molar-refractivity contribution in [3.63, 3.8) is 0 Å². The van der Waals surface area contributed by atoms with Gasteiger partial charge in [-0.3, -0.25) is 14.4 Å². The molecule has 0 bridgehead atoms. The molecule has 9 nitrogen and oxygen atoms in total. The van der Waals surface area contributed by atoms with Gasteiger partial charge >= 0.3 is 0 Å². The highest BCUT2D eigenvalue weighted by Gasteiger charge is 2.46. The van der Waals surface area contributed by atoms with Crippen LogP contribution < -0.4 is 20.5 Å². The number of hydrogen-bond acceptors (Lipinski definition) is 6. The van der Waals surface area contributed by atoms with Crippen molar-refractivity contribution in [3.05, 3.63) is 93.4 Å². The van der Waals surface area contributed by atoms with Crippen LogP contribution in [0.1, 0.15) is 27.4 Å². The molecule has 0 aliphatic carbocycles. The van der Waals surface area contributed by atoms with Crippen molar-refractivity contribution in [2.24, 2.45) is 0 Å². The average Bonchev–Trinajstić information content (AvgIpc) is 3.20. The van der Waals surface area contributed by atoms with Crippen LogP contribution in [0.3, 0.4) is 0 Å². The minimum Gasteiger partial charge on any atom is -0.497 e. The fraction of sp³-hybridized carbons (Fsp3) is 0.231. The van der Waals surface area contributed by atoms with Gasteiger partial charge in [0.2, 0.25) is 5.91 Å². The molecule has 2 atom stereocenters. The summed E-state index contributed by atoms with van der Waals surface area (Å²) in [7, 11) is 1.25. The lowest BCUT2D eigenvalue weighted by Crippen LogP contribution is -2.44. The van der Waals surface area contributed by atoms with E-state index in [1.54, 1.807) is 0 Å². The van der Waals surface area contributed by atoms with Gasteiger partial charge in [0.15, 0.2) is 0 Å². The van der Waals surface area contributed by atoms with Crippen molar-refractivity contribution in [1.82, 2.24) is 9.88 Å². The number of halogens is 2. The predicted molar refractivity (Wildman–Crippen MR) is 128 cm³/mol. The Kier molecular flexibility index (Phi) is 7.31. The first-order valence-electron chi connectivity index (χ1n) is 11.2. The number of aromatic nitrogens is 1. The number of amides is 2. The first kappa shape index (κ1) is 25.5. The normalized spacial score (nSPS) is 16.9. The van der Waals surface area contributed by atoms with Crippen molar-refractivity contribution < 1.29 is 28.2 Å². The van der Waals surface area contributed by atoms with Crippen LogP contribution in [0, 0.1) is 23.0 Å². The molecule has 2 heterocycles. The van der Waals surface area contributed by atoms with Crippen LogP contribution in [0.2, 0.25) is 0 Å². The van der Waals surface area contributed by atoms with Gasteiger partial charge in [-0.1, -0.05) is 0 Å². The summed E-state index contributed by atoms with van der Waals surface area (Å²) in [5, 5.41) is 20.7. The van der Waals surface area contributed by atoms with Crippen LogP contribution in [0.25, 0.3) is 0 Å². The number of hydrogen-bond donors (Lipinski definition) is 2. The Hall–Kier alpha value is -4.56. The lowest BCUT2D eigenvalue weighted by molar-refractivity contribution is -0.118. The third kappa shape index (κ3) is 4.92. The molecular weight excluding hydrogens is 486 g/mol. The maximum atomic E-state index is 15.1. The number of carbonyl (C=O) groups excluding carboxylic acids is 2. The molecule has 1 aliphatic rings. The van der Waals surface area contributed by atoms with Gasteiger partial charge in [0.25, 0.3) is 11.5 Å². The predicted octanol–water partition coefficient (Wildman–Crippen LogP) is 1.93. The summed E-state index contributed by atoms with van der Waals surface area (Å²) in [5.74, 6) is -4.63.